The largest absolute Gasteiger partial charge is 0.368 e. The molecule has 7 nitrogen and oxygen atoms in total. The Hall–Kier alpha value is -2.70. The van der Waals surface area contributed by atoms with Crippen LogP contribution >= 0.6 is 0 Å². The van der Waals surface area contributed by atoms with Gasteiger partial charge < -0.3 is 9.80 Å². The Kier molecular flexibility index (Phi) is 5.42. The molecule has 0 bridgehead atoms. The number of carbonyl (C=O) groups is 1. The van der Waals surface area contributed by atoms with Crippen molar-refractivity contribution in [2.24, 2.45) is 0 Å². The Morgan fingerprint density at radius 3 is 2.48 bits per heavy atom. The maximum atomic E-state index is 12.7. The molecular weight excluding hydrogens is 318 g/mol. The van der Waals surface area contributed by atoms with Crippen LogP contribution in [0.2, 0.25) is 0 Å². The summed E-state index contributed by atoms with van der Waals surface area (Å²) in [4.78, 5) is 32.6. The highest BCUT2D eigenvalue weighted by atomic mass is 16.2. The number of nitrogens with zero attached hydrogens (tertiary/aromatic N) is 5. The molecule has 2 aromatic heterocycles. The molecule has 3 heterocycles. The Morgan fingerprint density at radius 1 is 1.08 bits per heavy atom. The highest BCUT2D eigenvalue weighted by molar-refractivity contribution is 5.92. The van der Waals surface area contributed by atoms with Crippen molar-refractivity contribution in [2.45, 2.75) is 26.3 Å². The van der Waals surface area contributed by atoms with Crippen LogP contribution in [0.1, 0.15) is 30.3 Å². The number of hydrogen-bond donors (Lipinski definition) is 0. The number of aromatic nitrogens is 3. The number of unbranched alkanes of at least 4 members (excludes halogenated alkanes) is 1. The van der Waals surface area contributed by atoms with E-state index in [9.17, 15) is 9.59 Å². The van der Waals surface area contributed by atoms with Crippen molar-refractivity contribution in [3.05, 3.63) is 52.7 Å². The van der Waals surface area contributed by atoms with Gasteiger partial charge >= 0.3 is 0 Å². The number of piperazine rings is 1. The average Bonchev–Trinajstić information content (AvgIpc) is 2.67. The molecule has 3 rings (SSSR count). The standard InChI is InChI=1S/C18H23N5O2/c1-2-3-10-23-17(24)5-4-16(20-23)18(25)22-13-11-21(12-14-22)15-6-8-19-9-7-15/h4-9H,2-3,10-14H2,1H3. The summed E-state index contributed by atoms with van der Waals surface area (Å²) in [5, 5.41) is 4.25. The van der Waals surface area contributed by atoms with E-state index in [2.05, 4.69) is 21.9 Å². The minimum atomic E-state index is -0.160. The summed E-state index contributed by atoms with van der Waals surface area (Å²) < 4.78 is 1.39. The molecule has 0 spiro atoms. The SMILES string of the molecule is CCCCn1nc(C(=O)N2CCN(c3ccncc3)CC2)ccc1=O. The maximum Gasteiger partial charge on any atom is 0.274 e. The van der Waals surface area contributed by atoms with Gasteiger partial charge in [0.15, 0.2) is 0 Å². The quantitative estimate of drug-likeness (QED) is 0.822. The molecule has 7 heteroatoms. The van der Waals surface area contributed by atoms with Gasteiger partial charge in [-0.15, -0.1) is 0 Å². The lowest BCUT2D eigenvalue weighted by Gasteiger charge is -2.35. The van der Waals surface area contributed by atoms with E-state index >= 15 is 0 Å². The topological polar surface area (TPSA) is 71.3 Å². The van der Waals surface area contributed by atoms with E-state index in [1.165, 1.54) is 16.8 Å². The summed E-state index contributed by atoms with van der Waals surface area (Å²) in [7, 11) is 0. The lowest BCUT2D eigenvalue weighted by Crippen LogP contribution is -2.49. The molecule has 1 fully saturated rings. The normalized spacial score (nSPS) is 14.6. The van der Waals surface area contributed by atoms with Crippen molar-refractivity contribution in [3.63, 3.8) is 0 Å². The second-order valence-electron chi connectivity index (χ2n) is 6.12. The first kappa shape index (κ1) is 17.1. The van der Waals surface area contributed by atoms with Gasteiger partial charge in [0.25, 0.3) is 11.5 Å². The number of pyridine rings is 1. The van der Waals surface area contributed by atoms with E-state index in [1.54, 1.807) is 17.3 Å². The van der Waals surface area contributed by atoms with Crippen LogP contribution in [0.15, 0.2) is 41.5 Å². The van der Waals surface area contributed by atoms with Gasteiger partial charge in [0.2, 0.25) is 0 Å². The van der Waals surface area contributed by atoms with Gasteiger partial charge in [-0.3, -0.25) is 14.6 Å². The van der Waals surface area contributed by atoms with Crippen molar-refractivity contribution < 1.29 is 4.79 Å². The Morgan fingerprint density at radius 2 is 1.80 bits per heavy atom. The lowest BCUT2D eigenvalue weighted by atomic mass is 10.2. The number of hydrogen-bond acceptors (Lipinski definition) is 5. The highest BCUT2D eigenvalue weighted by Gasteiger charge is 2.23. The molecule has 0 radical (unpaired) electrons. The first-order valence-corrected chi connectivity index (χ1v) is 8.71. The maximum absolute atomic E-state index is 12.7. The Bertz CT molecular complexity index is 767. The van der Waals surface area contributed by atoms with Crippen molar-refractivity contribution in [1.29, 1.82) is 0 Å². The second kappa shape index (κ2) is 7.92. The van der Waals surface area contributed by atoms with Crippen LogP contribution in [-0.2, 0) is 6.54 Å². The van der Waals surface area contributed by atoms with Crippen LogP contribution < -0.4 is 10.5 Å². The molecule has 25 heavy (non-hydrogen) atoms. The number of anilines is 1. The van der Waals surface area contributed by atoms with Gasteiger partial charge in [0.1, 0.15) is 5.69 Å². The van der Waals surface area contributed by atoms with E-state index in [0.717, 1.165) is 31.6 Å². The van der Waals surface area contributed by atoms with Crippen molar-refractivity contribution in [1.82, 2.24) is 19.7 Å². The van der Waals surface area contributed by atoms with E-state index in [4.69, 9.17) is 0 Å². The molecule has 0 unspecified atom stereocenters. The number of amides is 1. The van der Waals surface area contributed by atoms with E-state index in [0.29, 0.717) is 25.3 Å². The third-order valence-corrected chi connectivity index (χ3v) is 4.40. The molecule has 0 aliphatic carbocycles. The zero-order valence-electron chi connectivity index (χ0n) is 14.5. The van der Waals surface area contributed by atoms with Gasteiger partial charge in [-0.2, -0.15) is 5.10 Å². The minimum Gasteiger partial charge on any atom is -0.368 e. The summed E-state index contributed by atoms with van der Waals surface area (Å²) in [5.74, 6) is -0.111. The molecule has 1 saturated heterocycles. The summed E-state index contributed by atoms with van der Waals surface area (Å²) in [5.41, 5.74) is 1.30. The second-order valence-corrected chi connectivity index (χ2v) is 6.12. The zero-order chi connectivity index (χ0) is 17.6. The van der Waals surface area contributed by atoms with Crippen LogP contribution in [0, 0.1) is 0 Å². The van der Waals surface area contributed by atoms with Gasteiger partial charge in [-0.05, 0) is 24.6 Å². The number of aryl methyl sites for hydroxylation is 1. The van der Waals surface area contributed by atoms with Crippen LogP contribution in [0.25, 0.3) is 0 Å². The first-order valence-electron chi connectivity index (χ1n) is 8.71. The fraction of sp³-hybridized carbons (Fsp3) is 0.444. The van der Waals surface area contributed by atoms with Gasteiger partial charge in [0, 0.05) is 56.9 Å². The molecule has 2 aromatic rings. The number of rotatable bonds is 5. The van der Waals surface area contributed by atoms with Crippen LogP contribution in [0.5, 0.6) is 0 Å². The van der Waals surface area contributed by atoms with Crippen LogP contribution in [0.3, 0.4) is 0 Å². The van der Waals surface area contributed by atoms with E-state index in [1.807, 2.05) is 12.1 Å². The molecule has 0 saturated carbocycles. The summed E-state index contributed by atoms with van der Waals surface area (Å²) in [6.07, 6.45) is 5.39. The first-order chi connectivity index (χ1) is 12.2. The smallest absolute Gasteiger partial charge is 0.274 e. The monoisotopic (exact) mass is 341 g/mol. The van der Waals surface area contributed by atoms with Gasteiger partial charge in [0.05, 0.1) is 0 Å². The summed E-state index contributed by atoms with van der Waals surface area (Å²) in [6.45, 7) is 5.42. The summed E-state index contributed by atoms with van der Waals surface area (Å²) in [6, 6.07) is 6.91. The highest BCUT2D eigenvalue weighted by Crippen LogP contribution is 2.15. The minimum absolute atomic E-state index is 0.111. The van der Waals surface area contributed by atoms with Crippen molar-refractivity contribution in [2.75, 3.05) is 31.1 Å². The average molecular weight is 341 g/mol. The molecule has 1 amide bonds. The van der Waals surface area contributed by atoms with Crippen molar-refractivity contribution >= 4 is 11.6 Å². The van der Waals surface area contributed by atoms with Gasteiger partial charge in [-0.25, -0.2) is 4.68 Å². The third kappa shape index (κ3) is 4.04. The predicted octanol–water partition coefficient (Wildman–Crippen LogP) is 1.40. The predicted molar refractivity (Wildman–Crippen MR) is 95.8 cm³/mol. The van der Waals surface area contributed by atoms with Crippen LogP contribution in [0.4, 0.5) is 5.69 Å². The molecule has 0 atom stereocenters. The molecule has 1 aliphatic heterocycles. The Balaban J connectivity index is 1.65. The Labute approximate surface area is 146 Å². The lowest BCUT2D eigenvalue weighted by molar-refractivity contribution is 0.0738. The fourth-order valence-corrected chi connectivity index (χ4v) is 2.92. The van der Waals surface area contributed by atoms with Crippen LogP contribution in [-0.4, -0.2) is 51.8 Å². The molecular formula is C18H23N5O2. The van der Waals surface area contributed by atoms with E-state index in [-0.39, 0.29) is 11.5 Å². The van der Waals surface area contributed by atoms with E-state index < -0.39 is 0 Å². The summed E-state index contributed by atoms with van der Waals surface area (Å²) >= 11 is 0. The molecule has 1 aliphatic rings. The fourth-order valence-electron chi connectivity index (χ4n) is 2.92. The van der Waals surface area contributed by atoms with Crippen molar-refractivity contribution in [3.8, 4) is 0 Å². The molecule has 132 valence electrons. The molecule has 0 N–H and O–H groups in total. The zero-order valence-corrected chi connectivity index (χ0v) is 14.5. The number of carbonyl (C=O) groups excluding carboxylic acids is 1. The third-order valence-electron chi connectivity index (χ3n) is 4.40. The van der Waals surface area contributed by atoms with Gasteiger partial charge in [-0.1, -0.05) is 13.3 Å². The molecule has 0 aromatic carbocycles.